The third-order valence-corrected chi connectivity index (χ3v) is 13.6. The molecule has 2 atom stereocenters. The first-order valence-corrected chi connectivity index (χ1v) is 20.9. The first-order valence-electron chi connectivity index (χ1n) is 20.9. The average molecular weight is 768 g/mol. The van der Waals surface area contributed by atoms with Gasteiger partial charge in [0.05, 0.1) is 11.4 Å². The smallest absolute Gasteiger partial charge is 0.151 e. The van der Waals surface area contributed by atoms with Crippen molar-refractivity contribution in [2.75, 3.05) is 4.90 Å². The van der Waals surface area contributed by atoms with Crippen LogP contribution in [0, 0.1) is 0 Å². The summed E-state index contributed by atoms with van der Waals surface area (Å²) in [5.74, 6) is 1.67. The van der Waals surface area contributed by atoms with Crippen LogP contribution in [0.1, 0.15) is 47.2 Å². The van der Waals surface area contributed by atoms with E-state index >= 15 is 0 Å². The maximum absolute atomic E-state index is 6.78. The Hall–Kier alpha value is -7.42. The van der Waals surface area contributed by atoms with Crippen LogP contribution in [0.3, 0.4) is 0 Å². The summed E-state index contributed by atoms with van der Waals surface area (Å²) in [7, 11) is 0. The molecule has 2 nitrogen and oxygen atoms in total. The van der Waals surface area contributed by atoms with Gasteiger partial charge in [-0.15, -0.1) is 0 Å². The summed E-state index contributed by atoms with van der Waals surface area (Å²) in [5, 5.41) is 0. The molecule has 0 bridgehead atoms. The second kappa shape index (κ2) is 13.0. The molecule has 12 rings (SSSR count). The first kappa shape index (κ1) is 34.6. The van der Waals surface area contributed by atoms with Crippen LogP contribution in [0.25, 0.3) is 44.5 Å². The number of ether oxygens (including phenoxy) is 1. The molecule has 0 fully saturated rings. The second-order valence-electron chi connectivity index (χ2n) is 16.7. The van der Waals surface area contributed by atoms with E-state index in [-0.39, 0.29) is 10.8 Å². The molecule has 0 N–H and O–H groups in total. The van der Waals surface area contributed by atoms with E-state index in [1.165, 1.54) is 66.8 Å². The summed E-state index contributed by atoms with van der Waals surface area (Å²) in [5.41, 5.74) is 20.4. The molecule has 2 heteroatoms. The largest absolute Gasteiger partial charge is 0.453 e. The lowest BCUT2D eigenvalue weighted by Crippen LogP contribution is -2.22. The highest BCUT2D eigenvalue weighted by Crippen LogP contribution is 2.57. The van der Waals surface area contributed by atoms with Gasteiger partial charge in [0.15, 0.2) is 11.5 Å². The van der Waals surface area contributed by atoms with E-state index in [4.69, 9.17) is 4.74 Å². The van der Waals surface area contributed by atoms with E-state index in [0.29, 0.717) is 0 Å². The molecule has 2 aliphatic carbocycles. The van der Waals surface area contributed by atoms with Gasteiger partial charge in [-0.3, -0.25) is 0 Å². The highest BCUT2D eigenvalue weighted by molar-refractivity contribution is 5.93. The topological polar surface area (TPSA) is 12.5 Å². The SMILES string of the molecule is CC1(c2ccccc2)c2ccccc2-c2ccc(-c3ccc4c(c3)N(c3ccccc3)c3cc(-c5ccc6c(c5)C(C)(c5ccccc5)c5ccccc5-6)ccc3O4)cc21. The minimum Gasteiger partial charge on any atom is -0.453 e. The highest BCUT2D eigenvalue weighted by Gasteiger charge is 2.42. The van der Waals surface area contributed by atoms with Crippen LogP contribution in [0.5, 0.6) is 11.5 Å². The summed E-state index contributed by atoms with van der Waals surface area (Å²) in [6.07, 6.45) is 0. The Morgan fingerprint density at radius 1 is 0.333 bits per heavy atom. The summed E-state index contributed by atoms with van der Waals surface area (Å²) >= 11 is 0. The Bertz CT molecular complexity index is 2960. The third kappa shape index (κ3) is 4.94. The normalized spacial score (nSPS) is 17.7. The number of hydrogen-bond donors (Lipinski definition) is 0. The van der Waals surface area contributed by atoms with E-state index < -0.39 is 0 Å². The second-order valence-corrected chi connectivity index (χ2v) is 16.7. The van der Waals surface area contributed by atoms with Crippen LogP contribution in [0.15, 0.2) is 212 Å². The Labute approximate surface area is 351 Å². The van der Waals surface area contributed by atoms with Crippen LogP contribution in [-0.4, -0.2) is 0 Å². The van der Waals surface area contributed by atoms with Crippen molar-refractivity contribution in [2.45, 2.75) is 24.7 Å². The van der Waals surface area contributed by atoms with Gasteiger partial charge in [0.25, 0.3) is 0 Å². The molecule has 3 aliphatic rings. The fraction of sp³-hybridized carbons (Fsp3) is 0.0690. The maximum atomic E-state index is 6.78. The van der Waals surface area contributed by atoms with Crippen molar-refractivity contribution in [1.82, 2.24) is 0 Å². The lowest BCUT2D eigenvalue weighted by molar-refractivity contribution is 0.477. The molecule has 1 heterocycles. The van der Waals surface area contributed by atoms with Gasteiger partial charge in [0, 0.05) is 16.5 Å². The molecule has 60 heavy (non-hydrogen) atoms. The number of rotatable bonds is 5. The molecule has 0 aromatic heterocycles. The summed E-state index contributed by atoms with van der Waals surface area (Å²) in [4.78, 5) is 2.37. The zero-order chi connectivity index (χ0) is 40.0. The predicted octanol–water partition coefficient (Wildman–Crippen LogP) is 15.3. The standard InChI is InChI=1S/C58H41NO/c1-57(42-16-6-3-7-17-42)49-24-14-12-22-45(49)47-30-26-38(34-51(47)57)40-28-32-55-53(36-40)59(44-20-10-5-11-21-44)54-37-41(29-33-56(54)60-55)39-27-31-48-46-23-13-15-25-50(46)58(2,52(48)35-39)43-18-8-4-9-19-43/h3-37H,1-2H3. The third-order valence-electron chi connectivity index (χ3n) is 13.6. The van der Waals surface area contributed by atoms with Gasteiger partial charge < -0.3 is 9.64 Å². The van der Waals surface area contributed by atoms with Gasteiger partial charge in [-0.25, -0.2) is 0 Å². The lowest BCUT2D eigenvalue weighted by atomic mass is 9.74. The monoisotopic (exact) mass is 767 g/mol. The van der Waals surface area contributed by atoms with Crippen molar-refractivity contribution in [2.24, 2.45) is 0 Å². The molecule has 2 unspecified atom stereocenters. The van der Waals surface area contributed by atoms with Gasteiger partial charge in [-0.2, -0.15) is 0 Å². The minimum atomic E-state index is -0.273. The number of para-hydroxylation sites is 1. The van der Waals surface area contributed by atoms with Crippen molar-refractivity contribution in [3.05, 3.63) is 246 Å². The molecule has 1 aliphatic heterocycles. The minimum absolute atomic E-state index is 0.273. The molecule has 0 saturated carbocycles. The molecule has 9 aromatic rings. The number of fused-ring (bicyclic) bond motifs is 8. The van der Waals surface area contributed by atoms with E-state index in [1.54, 1.807) is 0 Å². The van der Waals surface area contributed by atoms with Crippen LogP contribution in [0.2, 0.25) is 0 Å². The van der Waals surface area contributed by atoms with E-state index in [1.807, 2.05) is 0 Å². The summed E-state index contributed by atoms with van der Waals surface area (Å²) in [6, 6.07) is 77.7. The molecule has 0 spiro atoms. The molecule has 9 aromatic carbocycles. The van der Waals surface area contributed by atoms with Gasteiger partial charge >= 0.3 is 0 Å². The predicted molar refractivity (Wildman–Crippen MR) is 247 cm³/mol. The molecular weight excluding hydrogens is 727 g/mol. The fourth-order valence-electron chi connectivity index (χ4n) is 10.5. The van der Waals surface area contributed by atoms with Crippen LogP contribution < -0.4 is 9.64 Å². The lowest BCUT2D eigenvalue weighted by Gasteiger charge is -2.34. The molecular formula is C58H41NO. The zero-order valence-electron chi connectivity index (χ0n) is 33.6. The molecule has 0 amide bonds. The molecule has 284 valence electrons. The summed E-state index contributed by atoms with van der Waals surface area (Å²) < 4.78 is 6.78. The Balaban J connectivity index is 0.979. The Morgan fingerprint density at radius 3 is 1.17 bits per heavy atom. The van der Waals surface area contributed by atoms with Crippen LogP contribution in [-0.2, 0) is 10.8 Å². The number of anilines is 3. The average Bonchev–Trinajstić information content (AvgIpc) is 3.74. The van der Waals surface area contributed by atoms with Crippen LogP contribution >= 0.6 is 0 Å². The Morgan fingerprint density at radius 2 is 0.700 bits per heavy atom. The molecule has 0 saturated heterocycles. The van der Waals surface area contributed by atoms with Gasteiger partial charge in [0.1, 0.15) is 0 Å². The van der Waals surface area contributed by atoms with Gasteiger partial charge in [-0.1, -0.05) is 164 Å². The zero-order valence-corrected chi connectivity index (χ0v) is 33.6. The maximum Gasteiger partial charge on any atom is 0.151 e. The summed E-state index contributed by atoms with van der Waals surface area (Å²) in [6.45, 7) is 4.76. The first-order chi connectivity index (χ1) is 29.5. The van der Waals surface area contributed by atoms with Crippen molar-refractivity contribution in [3.8, 4) is 56.0 Å². The van der Waals surface area contributed by atoms with Crippen LogP contribution in [0.4, 0.5) is 17.1 Å². The number of hydrogen-bond acceptors (Lipinski definition) is 2. The molecule has 0 radical (unpaired) electrons. The van der Waals surface area contributed by atoms with Crippen molar-refractivity contribution in [1.29, 1.82) is 0 Å². The number of benzene rings is 9. The fourth-order valence-corrected chi connectivity index (χ4v) is 10.5. The van der Waals surface area contributed by atoms with E-state index in [2.05, 4.69) is 231 Å². The quantitative estimate of drug-likeness (QED) is 0.173. The number of nitrogens with zero attached hydrogens (tertiary/aromatic N) is 1. The Kier molecular flexibility index (Phi) is 7.52. The highest BCUT2D eigenvalue weighted by atomic mass is 16.5. The van der Waals surface area contributed by atoms with Crippen molar-refractivity contribution in [3.63, 3.8) is 0 Å². The van der Waals surface area contributed by atoms with Gasteiger partial charge in [0.2, 0.25) is 0 Å². The van der Waals surface area contributed by atoms with Crippen molar-refractivity contribution < 1.29 is 4.74 Å². The van der Waals surface area contributed by atoms with Gasteiger partial charge in [-0.05, 0) is 140 Å². The van der Waals surface area contributed by atoms with E-state index in [9.17, 15) is 0 Å². The van der Waals surface area contributed by atoms with Crippen molar-refractivity contribution >= 4 is 17.1 Å². The van der Waals surface area contributed by atoms with E-state index in [0.717, 1.165) is 39.7 Å².